The fraction of sp³-hybridized carbons (Fsp3) is 0.929. The van der Waals surface area contributed by atoms with Gasteiger partial charge in [-0.3, -0.25) is 9.69 Å². The highest BCUT2D eigenvalue weighted by atomic mass is 16.5. The Morgan fingerprint density at radius 3 is 2.67 bits per heavy atom. The van der Waals surface area contributed by atoms with Gasteiger partial charge >= 0.3 is 5.97 Å². The van der Waals surface area contributed by atoms with Crippen LogP contribution in [-0.4, -0.2) is 48.3 Å². The molecule has 1 aliphatic heterocycles. The van der Waals surface area contributed by atoms with E-state index in [0.29, 0.717) is 19.3 Å². The average Bonchev–Trinajstić information content (AvgIpc) is 2.87. The molecule has 0 radical (unpaired) electrons. The van der Waals surface area contributed by atoms with Crippen LogP contribution in [0.5, 0.6) is 0 Å². The molecule has 4 heteroatoms. The molecule has 0 spiro atoms. The summed E-state index contributed by atoms with van der Waals surface area (Å²) in [6.07, 6.45) is 6.29. The minimum atomic E-state index is -0.715. The molecule has 1 aliphatic carbocycles. The van der Waals surface area contributed by atoms with Gasteiger partial charge in [-0.05, 0) is 25.8 Å². The van der Waals surface area contributed by atoms with E-state index in [9.17, 15) is 9.90 Å². The van der Waals surface area contributed by atoms with Gasteiger partial charge in [0.25, 0.3) is 0 Å². The normalized spacial score (nSPS) is 37.1. The number of rotatable bonds is 4. The maximum absolute atomic E-state index is 11.2. The molecule has 4 unspecified atom stereocenters. The molecule has 0 aromatic rings. The zero-order chi connectivity index (χ0) is 13.1. The molecule has 4 nitrogen and oxygen atoms in total. The van der Waals surface area contributed by atoms with Gasteiger partial charge in [-0.2, -0.15) is 0 Å². The topological polar surface area (TPSA) is 49.8 Å². The summed E-state index contributed by atoms with van der Waals surface area (Å²) in [5.41, 5.74) is 0. The second-order valence-corrected chi connectivity index (χ2v) is 5.74. The van der Waals surface area contributed by atoms with Crippen LogP contribution in [0.15, 0.2) is 0 Å². The number of aliphatic carboxylic acids is 1. The monoisotopic (exact) mass is 255 g/mol. The van der Waals surface area contributed by atoms with Crippen molar-refractivity contribution in [3.05, 3.63) is 0 Å². The SMILES string of the molecule is CCC1CCCCC1N(C)C1COCC1C(=O)O. The van der Waals surface area contributed by atoms with E-state index in [-0.39, 0.29) is 12.0 Å². The average molecular weight is 255 g/mol. The third-order valence-corrected chi connectivity index (χ3v) is 4.81. The lowest BCUT2D eigenvalue weighted by molar-refractivity contribution is -0.143. The highest BCUT2D eigenvalue weighted by Crippen LogP contribution is 2.33. The number of nitrogens with zero attached hydrogens (tertiary/aromatic N) is 1. The van der Waals surface area contributed by atoms with Gasteiger partial charge in [0, 0.05) is 12.1 Å². The van der Waals surface area contributed by atoms with E-state index in [0.717, 1.165) is 5.92 Å². The molecule has 0 amide bonds. The highest BCUT2D eigenvalue weighted by Gasteiger charge is 2.40. The lowest BCUT2D eigenvalue weighted by atomic mass is 9.81. The summed E-state index contributed by atoms with van der Waals surface area (Å²) < 4.78 is 5.39. The molecule has 104 valence electrons. The van der Waals surface area contributed by atoms with Gasteiger partial charge in [0.2, 0.25) is 0 Å². The van der Waals surface area contributed by atoms with Crippen LogP contribution < -0.4 is 0 Å². The maximum Gasteiger partial charge on any atom is 0.310 e. The Morgan fingerprint density at radius 1 is 1.28 bits per heavy atom. The van der Waals surface area contributed by atoms with Crippen molar-refractivity contribution in [2.24, 2.45) is 11.8 Å². The smallest absolute Gasteiger partial charge is 0.310 e. The van der Waals surface area contributed by atoms with Crippen LogP contribution >= 0.6 is 0 Å². The Balaban J connectivity index is 2.04. The van der Waals surface area contributed by atoms with Crippen molar-refractivity contribution < 1.29 is 14.6 Å². The number of hydrogen-bond donors (Lipinski definition) is 1. The summed E-state index contributed by atoms with van der Waals surface area (Å²) in [4.78, 5) is 13.5. The minimum Gasteiger partial charge on any atom is -0.481 e. The Hall–Kier alpha value is -0.610. The summed E-state index contributed by atoms with van der Waals surface area (Å²) in [6, 6.07) is 0.594. The second-order valence-electron chi connectivity index (χ2n) is 5.74. The first-order chi connectivity index (χ1) is 8.65. The van der Waals surface area contributed by atoms with Crippen molar-refractivity contribution >= 4 is 5.97 Å². The standard InChI is InChI=1S/C14H25NO3/c1-3-10-6-4-5-7-12(10)15(2)13-9-18-8-11(13)14(16)17/h10-13H,3-9H2,1-2H3,(H,16,17). The lowest BCUT2D eigenvalue weighted by Gasteiger charge is -2.41. The van der Waals surface area contributed by atoms with Gasteiger partial charge in [-0.1, -0.05) is 26.2 Å². The lowest BCUT2D eigenvalue weighted by Crippen LogP contribution is -2.49. The van der Waals surface area contributed by atoms with Crippen LogP contribution in [0, 0.1) is 11.8 Å². The van der Waals surface area contributed by atoms with Crippen LogP contribution in [0.3, 0.4) is 0 Å². The molecule has 1 heterocycles. The van der Waals surface area contributed by atoms with E-state index in [4.69, 9.17) is 4.74 Å². The third-order valence-electron chi connectivity index (χ3n) is 4.81. The molecule has 2 aliphatic rings. The molecule has 2 rings (SSSR count). The third kappa shape index (κ3) is 2.69. The molecule has 2 fully saturated rings. The predicted molar refractivity (Wildman–Crippen MR) is 69.5 cm³/mol. The van der Waals surface area contributed by atoms with Crippen LogP contribution in [0.25, 0.3) is 0 Å². The second kappa shape index (κ2) is 6.02. The van der Waals surface area contributed by atoms with E-state index in [1.807, 2.05) is 0 Å². The molecular weight excluding hydrogens is 230 g/mol. The number of carboxylic acid groups (broad SMARTS) is 1. The van der Waals surface area contributed by atoms with Crippen molar-refractivity contribution in [2.45, 2.75) is 51.1 Å². The summed E-state index contributed by atoms with van der Waals surface area (Å²) in [6.45, 7) is 3.19. The van der Waals surface area contributed by atoms with Crippen molar-refractivity contribution in [1.82, 2.24) is 4.90 Å². The van der Waals surface area contributed by atoms with Gasteiger partial charge in [0.15, 0.2) is 0 Å². The highest BCUT2D eigenvalue weighted by molar-refractivity contribution is 5.71. The maximum atomic E-state index is 11.2. The minimum absolute atomic E-state index is 0.0552. The molecule has 0 bridgehead atoms. The van der Waals surface area contributed by atoms with E-state index in [1.165, 1.54) is 32.1 Å². The first-order valence-corrected chi connectivity index (χ1v) is 7.17. The van der Waals surface area contributed by atoms with Crippen LogP contribution in [0.2, 0.25) is 0 Å². The Bertz CT molecular complexity index is 295. The number of hydrogen-bond acceptors (Lipinski definition) is 3. The Labute approximate surface area is 109 Å². The first kappa shape index (κ1) is 13.8. The largest absolute Gasteiger partial charge is 0.481 e. The molecule has 18 heavy (non-hydrogen) atoms. The van der Waals surface area contributed by atoms with E-state index >= 15 is 0 Å². The fourth-order valence-electron chi connectivity index (χ4n) is 3.63. The zero-order valence-corrected chi connectivity index (χ0v) is 11.5. The van der Waals surface area contributed by atoms with Gasteiger partial charge in [-0.25, -0.2) is 0 Å². The predicted octanol–water partition coefficient (Wildman–Crippen LogP) is 1.99. The first-order valence-electron chi connectivity index (χ1n) is 7.17. The number of ether oxygens (including phenoxy) is 1. The Morgan fingerprint density at radius 2 is 2.00 bits per heavy atom. The van der Waals surface area contributed by atoms with Crippen LogP contribution in [-0.2, 0) is 9.53 Å². The van der Waals surface area contributed by atoms with Gasteiger partial charge in [0.05, 0.1) is 19.1 Å². The summed E-state index contributed by atoms with van der Waals surface area (Å²) in [5, 5.41) is 9.25. The van der Waals surface area contributed by atoms with Crippen molar-refractivity contribution in [2.75, 3.05) is 20.3 Å². The number of carboxylic acids is 1. The van der Waals surface area contributed by atoms with Crippen LogP contribution in [0.4, 0.5) is 0 Å². The molecule has 4 atom stereocenters. The van der Waals surface area contributed by atoms with Gasteiger partial charge in [0.1, 0.15) is 0 Å². The molecule has 1 saturated heterocycles. The number of likely N-dealkylation sites (N-methyl/N-ethyl adjacent to an activating group) is 1. The van der Waals surface area contributed by atoms with Crippen molar-refractivity contribution in [3.63, 3.8) is 0 Å². The van der Waals surface area contributed by atoms with E-state index in [1.54, 1.807) is 0 Å². The molecule has 0 aromatic carbocycles. The van der Waals surface area contributed by atoms with Crippen LogP contribution in [0.1, 0.15) is 39.0 Å². The molecular formula is C14H25NO3. The fourth-order valence-corrected chi connectivity index (χ4v) is 3.63. The molecule has 1 N–H and O–H groups in total. The summed E-state index contributed by atoms with van der Waals surface area (Å²) in [5.74, 6) is -0.346. The molecule has 1 saturated carbocycles. The quantitative estimate of drug-likeness (QED) is 0.834. The van der Waals surface area contributed by atoms with E-state index in [2.05, 4.69) is 18.9 Å². The van der Waals surface area contributed by atoms with E-state index < -0.39 is 5.97 Å². The Kier molecular flexibility index (Phi) is 4.62. The van der Waals surface area contributed by atoms with Crippen molar-refractivity contribution in [1.29, 1.82) is 0 Å². The molecule has 0 aromatic heterocycles. The summed E-state index contributed by atoms with van der Waals surface area (Å²) in [7, 11) is 2.09. The zero-order valence-electron chi connectivity index (χ0n) is 11.5. The van der Waals surface area contributed by atoms with Crippen molar-refractivity contribution in [3.8, 4) is 0 Å². The number of carbonyl (C=O) groups is 1. The summed E-state index contributed by atoms with van der Waals surface area (Å²) >= 11 is 0. The van der Waals surface area contributed by atoms with Gasteiger partial charge < -0.3 is 9.84 Å². The van der Waals surface area contributed by atoms with Gasteiger partial charge in [-0.15, -0.1) is 0 Å².